The first kappa shape index (κ1) is 32.6. The van der Waals surface area contributed by atoms with Gasteiger partial charge in [-0.2, -0.15) is 4.98 Å². The van der Waals surface area contributed by atoms with Gasteiger partial charge in [0.15, 0.2) is 6.29 Å². The van der Waals surface area contributed by atoms with Crippen molar-refractivity contribution in [3.05, 3.63) is 52.6 Å². The Morgan fingerprint density at radius 1 is 1.09 bits per heavy atom. The summed E-state index contributed by atoms with van der Waals surface area (Å²) in [5.41, 5.74) is 4.28. The Balaban J connectivity index is 1.32. The second kappa shape index (κ2) is 13.6. The first-order valence-corrected chi connectivity index (χ1v) is 14.1. The number of carbonyl (C=O) groups excluding carboxylic acids is 2. The molecule has 0 aliphatic carbocycles. The highest BCUT2D eigenvalue weighted by Gasteiger charge is 2.44. The van der Waals surface area contributed by atoms with Gasteiger partial charge in [-0.25, -0.2) is 4.79 Å². The van der Waals surface area contributed by atoms with Crippen molar-refractivity contribution >= 4 is 23.3 Å². The molecule has 15 nitrogen and oxygen atoms in total. The van der Waals surface area contributed by atoms with Gasteiger partial charge in [0.2, 0.25) is 5.91 Å². The molecule has 3 heterocycles. The number of hydrogen-bond donors (Lipinski definition) is 7. The summed E-state index contributed by atoms with van der Waals surface area (Å²) in [6.45, 7) is 4.43. The lowest BCUT2D eigenvalue weighted by Crippen LogP contribution is -2.62. The number of hydrogen-bond acceptors (Lipinski definition) is 12. The molecule has 0 spiro atoms. The van der Waals surface area contributed by atoms with Crippen molar-refractivity contribution in [1.82, 2.24) is 14.9 Å². The monoisotopic (exact) mass is 604 g/mol. The summed E-state index contributed by atoms with van der Waals surface area (Å²) in [5.74, 6) is -1.05. The van der Waals surface area contributed by atoms with Crippen LogP contribution in [0.5, 0.6) is 0 Å². The van der Waals surface area contributed by atoms with Crippen molar-refractivity contribution in [2.24, 2.45) is 5.73 Å². The van der Waals surface area contributed by atoms with Gasteiger partial charge in [-0.1, -0.05) is 0 Å². The molecular weight excluding hydrogens is 564 g/mol. The Morgan fingerprint density at radius 2 is 1.79 bits per heavy atom. The number of aliphatic hydroxyl groups excluding tert-OH is 3. The molecule has 2 saturated heterocycles. The van der Waals surface area contributed by atoms with E-state index in [0.717, 1.165) is 0 Å². The number of nitrogens with zero attached hydrogens (tertiary/aromatic N) is 2. The molecule has 8 unspecified atom stereocenters. The number of carbonyl (C=O) groups is 2. The Bertz CT molecular complexity index is 1340. The largest absolute Gasteiger partial charge is 0.394 e. The molecule has 2 fully saturated rings. The van der Waals surface area contributed by atoms with Gasteiger partial charge < -0.3 is 51.2 Å². The van der Waals surface area contributed by atoms with Crippen molar-refractivity contribution in [3.8, 4) is 0 Å². The molecule has 2 aromatic rings. The molecule has 0 saturated carbocycles. The van der Waals surface area contributed by atoms with Crippen LogP contribution in [0.3, 0.4) is 0 Å². The van der Waals surface area contributed by atoms with Gasteiger partial charge in [0.25, 0.3) is 5.91 Å². The van der Waals surface area contributed by atoms with Crippen molar-refractivity contribution in [1.29, 1.82) is 0 Å². The van der Waals surface area contributed by atoms with Crippen LogP contribution in [0.4, 0.5) is 11.5 Å². The standard InChI is InChI=1S/C28H40N6O9/c1-14-18(43-25-23(37)22(36)21(30-4)15(2)42-25)9-10-20(41-14)34-12-11-19(33-27(34)40)32-24(38)16-5-7-17(8-6-16)31-26(39)28(3,29)13-35/h5-8,11-12,14-15,18,20-23,25,30,35-37H,9-10,13,29H2,1-4H3,(H,31,39)(H,32,33,38,40)/t14?,15?,18?,20?,21?,22?,23?,25?,28-/m1/s1. The zero-order chi connectivity index (χ0) is 31.5. The third-order valence-electron chi connectivity index (χ3n) is 7.72. The molecule has 9 atom stereocenters. The summed E-state index contributed by atoms with van der Waals surface area (Å²) in [4.78, 5) is 41.6. The minimum atomic E-state index is -1.45. The minimum absolute atomic E-state index is 0.0477. The van der Waals surface area contributed by atoms with E-state index >= 15 is 0 Å². The maximum atomic E-state index is 12.8. The highest BCUT2D eigenvalue weighted by atomic mass is 16.7. The quantitative estimate of drug-likeness (QED) is 0.189. The first-order chi connectivity index (χ1) is 20.3. The number of nitrogens with two attached hydrogens (primary N) is 1. The fourth-order valence-electron chi connectivity index (χ4n) is 4.99. The van der Waals surface area contributed by atoms with Crippen LogP contribution in [0.1, 0.15) is 50.2 Å². The number of anilines is 2. The van der Waals surface area contributed by atoms with E-state index in [2.05, 4.69) is 20.9 Å². The van der Waals surface area contributed by atoms with Crippen LogP contribution in [0.25, 0.3) is 0 Å². The smallest absolute Gasteiger partial charge is 0.351 e. The Hall–Kier alpha value is -3.28. The molecule has 2 amide bonds. The van der Waals surface area contributed by atoms with Gasteiger partial charge in [-0.15, -0.1) is 0 Å². The molecule has 1 aromatic heterocycles. The lowest BCUT2D eigenvalue weighted by atomic mass is 9.97. The van der Waals surface area contributed by atoms with Gasteiger partial charge in [0, 0.05) is 17.4 Å². The summed E-state index contributed by atoms with van der Waals surface area (Å²) in [6, 6.07) is 7.02. The van der Waals surface area contributed by atoms with Gasteiger partial charge in [-0.05, 0) is 71.0 Å². The van der Waals surface area contributed by atoms with Crippen LogP contribution >= 0.6 is 0 Å². The summed E-state index contributed by atoms with van der Waals surface area (Å²) in [7, 11) is 1.68. The van der Waals surface area contributed by atoms with Gasteiger partial charge in [-0.3, -0.25) is 14.2 Å². The number of amides is 2. The number of ether oxygens (including phenoxy) is 3. The summed E-state index contributed by atoms with van der Waals surface area (Å²) in [6.07, 6.45) is -2.89. The van der Waals surface area contributed by atoms with Crippen LogP contribution in [-0.2, 0) is 19.0 Å². The van der Waals surface area contributed by atoms with E-state index in [9.17, 15) is 29.7 Å². The zero-order valence-corrected chi connectivity index (χ0v) is 24.5. The molecule has 43 heavy (non-hydrogen) atoms. The number of aliphatic hydroxyl groups is 3. The normalized spacial score (nSPS) is 30.7. The van der Waals surface area contributed by atoms with E-state index in [1.54, 1.807) is 20.9 Å². The number of nitrogens with one attached hydrogen (secondary N) is 3. The molecule has 236 valence electrons. The molecule has 15 heteroatoms. The van der Waals surface area contributed by atoms with Crippen LogP contribution in [-0.4, -0.2) is 98.7 Å². The summed E-state index contributed by atoms with van der Waals surface area (Å²) < 4.78 is 19.1. The fraction of sp³-hybridized carbons (Fsp3) is 0.571. The maximum Gasteiger partial charge on any atom is 0.351 e. The average molecular weight is 605 g/mol. The highest BCUT2D eigenvalue weighted by Crippen LogP contribution is 2.31. The maximum absolute atomic E-state index is 12.8. The van der Waals surface area contributed by atoms with E-state index in [-0.39, 0.29) is 11.4 Å². The van der Waals surface area contributed by atoms with Crippen LogP contribution < -0.4 is 27.4 Å². The lowest BCUT2D eigenvalue weighted by molar-refractivity contribution is -0.303. The van der Waals surface area contributed by atoms with Crippen LogP contribution in [0.2, 0.25) is 0 Å². The topological polar surface area (TPSA) is 220 Å². The molecular formula is C28H40N6O9. The average Bonchev–Trinajstić information content (AvgIpc) is 2.97. The van der Waals surface area contributed by atoms with Gasteiger partial charge in [0.1, 0.15) is 29.8 Å². The molecule has 0 radical (unpaired) electrons. The number of aromatic nitrogens is 2. The van der Waals surface area contributed by atoms with E-state index in [1.165, 1.54) is 48.0 Å². The van der Waals surface area contributed by atoms with Crippen molar-refractivity contribution in [3.63, 3.8) is 0 Å². The van der Waals surface area contributed by atoms with Crippen molar-refractivity contribution in [2.45, 2.75) is 88.2 Å². The summed E-state index contributed by atoms with van der Waals surface area (Å²) in [5, 5.41) is 38.2. The molecule has 8 N–H and O–H groups in total. The Kier molecular flexibility index (Phi) is 10.3. The predicted octanol–water partition coefficient (Wildman–Crippen LogP) is -0.719. The second-order valence-electron chi connectivity index (χ2n) is 11.1. The predicted molar refractivity (Wildman–Crippen MR) is 154 cm³/mol. The number of benzene rings is 1. The van der Waals surface area contributed by atoms with E-state index in [4.69, 9.17) is 19.9 Å². The van der Waals surface area contributed by atoms with Gasteiger partial charge in [0.05, 0.1) is 31.0 Å². The highest BCUT2D eigenvalue weighted by molar-refractivity contribution is 6.04. The van der Waals surface area contributed by atoms with Crippen molar-refractivity contribution in [2.75, 3.05) is 24.3 Å². The van der Waals surface area contributed by atoms with E-state index < -0.39 is 78.7 Å². The summed E-state index contributed by atoms with van der Waals surface area (Å²) >= 11 is 0. The second-order valence-corrected chi connectivity index (χ2v) is 11.1. The van der Waals surface area contributed by atoms with E-state index in [0.29, 0.717) is 18.5 Å². The molecule has 1 aromatic carbocycles. The SMILES string of the molecule is CNC1C(C)OC(OC2CCC(n3ccc(NC(=O)c4ccc(NC(=O)[C@](C)(N)CO)cc4)nc3=O)OC2C)C(O)C1O. The molecule has 4 rings (SSSR count). The van der Waals surface area contributed by atoms with Gasteiger partial charge >= 0.3 is 5.69 Å². The van der Waals surface area contributed by atoms with Crippen molar-refractivity contribution < 1.29 is 39.1 Å². The number of rotatable bonds is 9. The third kappa shape index (κ3) is 7.45. The Labute approximate surface area is 248 Å². The molecule has 2 aliphatic heterocycles. The molecule has 0 bridgehead atoms. The van der Waals surface area contributed by atoms with E-state index in [1.807, 2.05) is 0 Å². The van der Waals surface area contributed by atoms with Crippen LogP contribution in [0.15, 0.2) is 41.3 Å². The Morgan fingerprint density at radius 3 is 2.40 bits per heavy atom. The van der Waals surface area contributed by atoms with Crippen LogP contribution in [0, 0.1) is 0 Å². The minimum Gasteiger partial charge on any atom is -0.394 e. The first-order valence-electron chi connectivity index (χ1n) is 14.1. The zero-order valence-electron chi connectivity index (χ0n) is 24.5. The lowest BCUT2D eigenvalue weighted by Gasteiger charge is -2.44. The molecule has 2 aliphatic rings. The fourth-order valence-corrected chi connectivity index (χ4v) is 4.99. The number of likely N-dealkylation sites (N-methyl/N-ethyl adjacent to an activating group) is 1. The third-order valence-corrected chi connectivity index (χ3v) is 7.72.